The largest absolute Gasteiger partial charge is 0.352 e. The van der Waals surface area contributed by atoms with Crippen molar-refractivity contribution in [2.24, 2.45) is 5.92 Å². The first kappa shape index (κ1) is 19.2. The van der Waals surface area contributed by atoms with E-state index in [0.29, 0.717) is 16.6 Å². The minimum atomic E-state index is 0.0389. The van der Waals surface area contributed by atoms with Crippen molar-refractivity contribution in [3.63, 3.8) is 0 Å². The number of hydrogen-bond donors (Lipinski definition) is 1. The van der Waals surface area contributed by atoms with Gasteiger partial charge in [-0.1, -0.05) is 59.1 Å². The van der Waals surface area contributed by atoms with Crippen LogP contribution in [-0.4, -0.2) is 23.9 Å². The SMILES string of the molecule is Cc1ccc(CNC(=O)C2CCCN(Cc3ccc(Cl)c(Cl)c3)C2)cc1. The standard InChI is InChI=1S/C21H24Cl2N2O/c1-15-4-6-16(7-5-15)12-24-21(26)18-3-2-10-25(14-18)13-17-8-9-19(22)20(23)11-17/h4-9,11,18H,2-3,10,12-14H2,1H3,(H,24,26). The highest BCUT2D eigenvalue weighted by molar-refractivity contribution is 6.42. The van der Waals surface area contributed by atoms with Gasteiger partial charge in [0.2, 0.25) is 5.91 Å². The van der Waals surface area contributed by atoms with E-state index < -0.39 is 0 Å². The number of hydrogen-bond acceptors (Lipinski definition) is 2. The van der Waals surface area contributed by atoms with Crippen LogP contribution in [-0.2, 0) is 17.9 Å². The van der Waals surface area contributed by atoms with Gasteiger partial charge in [-0.3, -0.25) is 9.69 Å². The Hall–Kier alpha value is -1.55. The molecule has 1 aliphatic rings. The van der Waals surface area contributed by atoms with Crippen LogP contribution in [0.4, 0.5) is 0 Å². The molecule has 0 aliphatic carbocycles. The summed E-state index contributed by atoms with van der Waals surface area (Å²) in [4.78, 5) is 14.9. The van der Waals surface area contributed by atoms with Gasteiger partial charge in [-0.15, -0.1) is 0 Å². The summed E-state index contributed by atoms with van der Waals surface area (Å²) < 4.78 is 0. The van der Waals surface area contributed by atoms with E-state index in [2.05, 4.69) is 41.4 Å². The summed E-state index contributed by atoms with van der Waals surface area (Å²) >= 11 is 12.1. The molecule has 3 nitrogen and oxygen atoms in total. The molecule has 0 radical (unpaired) electrons. The second-order valence-corrected chi connectivity index (χ2v) is 7.84. The molecule has 1 amide bonds. The van der Waals surface area contributed by atoms with Crippen molar-refractivity contribution in [1.29, 1.82) is 0 Å². The predicted molar refractivity (Wildman–Crippen MR) is 107 cm³/mol. The normalized spacial score (nSPS) is 17.9. The zero-order valence-electron chi connectivity index (χ0n) is 15.0. The number of carbonyl (C=O) groups excluding carboxylic acids is 1. The number of halogens is 2. The van der Waals surface area contributed by atoms with Crippen molar-refractivity contribution in [3.8, 4) is 0 Å². The third-order valence-corrected chi connectivity index (χ3v) is 5.59. The van der Waals surface area contributed by atoms with Gasteiger partial charge in [-0.2, -0.15) is 0 Å². The molecule has 5 heteroatoms. The molecular formula is C21H24Cl2N2O. The van der Waals surface area contributed by atoms with Crippen molar-refractivity contribution in [2.75, 3.05) is 13.1 Å². The quantitative estimate of drug-likeness (QED) is 0.792. The third-order valence-electron chi connectivity index (χ3n) is 4.85. The highest BCUT2D eigenvalue weighted by Crippen LogP contribution is 2.25. The summed E-state index contributed by atoms with van der Waals surface area (Å²) in [6.45, 7) is 5.22. The van der Waals surface area contributed by atoms with E-state index in [0.717, 1.165) is 43.6 Å². The summed E-state index contributed by atoms with van der Waals surface area (Å²) in [6.07, 6.45) is 1.97. The van der Waals surface area contributed by atoms with Crippen LogP contribution in [0.1, 0.15) is 29.5 Å². The van der Waals surface area contributed by atoms with E-state index >= 15 is 0 Å². The Morgan fingerprint density at radius 3 is 2.58 bits per heavy atom. The first-order valence-corrected chi connectivity index (χ1v) is 9.76. The Labute approximate surface area is 165 Å². The average Bonchev–Trinajstić information content (AvgIpc) is 2.64. The number of amides is 1. The van der Waals surface area contributed by atoms with Gasteiger partial charge in [-0.25, -0.2) is 0 Å². The average molecular weight is 391 g/mol. The third kappa shape index (κ3) is 5.23. The molecule has 0 aromatic heterocycles. The van der Waals surface area contributed by atoms with Gasteiger partial charge >= 0.3 is 0 Å². The second-order valence-electron chi connectivity index (χ2n) is 7.03. The van der Waals surface area contributed by atoms with Crippen LogP contribution in [0.5, 0.6) is 0 Å². The number of aryl methyl sites for hydroxylation is 1. The maximum absolute atomic E-state index is 12.6. The fraction of sp³-hybridized carbons (Fsp3) is 0.381. The summed E-state index contributed by atoms with van der Waals surface area (Å²) in [5.41, 5.74) is 3.48. The van der Waals surface area contributed by atoms with Crippen LogP contribution >= 0.6 is 23.2 Å². The molecule has 1 heterocycles. The van der Waals surface area contributed by atoms with E-state index in [1.807, 2.05) is 18.2 Å². The Morgan fingerprint density at radius 2 is 1.85 bits per heavy atom. The molecule has 138 valence electrons. The zero-order chi connectivity index (χ0) is 18.5. The van der Waals surface area contributed by atoms with Crippen molar-refractivity contribution in [3.05, 3.63) is 69.2 Å². The molecule has 0 bridgehead atoms. The molecule has 2 aromatic carbocycles. The number of rotatable bonds is 5. The number of likely N-dealkylation sites (tertiary alicyclic amines) is 1. The van der Waals surface area contributed by atoms with Gasteiger partial charge in [0.1, 0.15) is 0 Å². The second kappa shape index (κ2) is 8.90. The molecule has 26 heavy (non-hydrogen) atoms. The van der Waals surface area contributed by atoms with Gasteiger partial charge in [0.25, 0.3) is 0 Å². The number of carbonyl (C=O) groups is 1. The van der Waals surface area contributed by atoms with E-state index in [4.69, 9.17) is 23.2 Å². The first-order valence-electron chi connectivity index (χ1n) is 9.01. The fourth-order valence-corrected chi connectivity index (χ4v) is 3.67. The molecular weight excluding hydrogens is 367 g/mol. The van der Waals surface area contributed by atoms with Gasteiger partial charge < -0.3 is 5.32 Å². The number of nitrogens with one attached hydrogen (secondary N) is 1. The van der Waals surface area contributed by atoms with Crippen LogP contribution in [0.3, 0.4) is 0 Å². The number of piperidine rings is 1. The van der Waals surface area contributed by atoms with Crippen molar-refractivity contribution in [1.82, 2.24) is 10.2 Å². The van der Waals surface area contributed by atoms with Crippen LogP contribution in [0, 0.1) is 12.8 Å². The summed E-state index contributed by atoms with van der Waals surface area (Å²) in [5.74, 6) is 0.182. The molecule has 3 rings (SSSR count). The maximum Gasteiger partial charge on any atom is 0.224 e. The minimum Gasteiger partial charge on any atom is -0.352 e. The van der Waals surface area contributed by atoms with Crippen LogP contribution in [0.15, 0.2) is 42.5 Å². The summed E-state index contributed by atoms with van der Waals surface area (Å²) in [5, 5.41) is 4.23. The predicted octanol–water partition coefficient (Wildman–Crippen LogP) is 4.83. The molecule has 2 aromatic rings. The molecule has 1 aliphatic heterocycles. The lowest BCUT2D eigenvalue weighted by atomic mass is 9.96. The van der Waals surface area contributed by atoms with E-state index in [1.54, 1.807) is 0 Å². The Balaban J connectivity index is 1.52. The van der Waals surface area contributed by atoms with Crippen molar-refractivity contribution < 1.29 is 4.79 Å². The molecule has 0 spiro atoms. The highest BCUT2D eigenvalue weighted by Gasteiger charge is 2.25. The molecule has 1 N–H and O–H groups in total. The van der Waals surface area contributed by atoms with E-state index in [-0.39, 0.29) is 11.8 Å². The van der Waals surface area contributed by atoms with Crippen LogP contribution < -0.4 is 5.32 Å². The topological polar surface area (TPSA) is 32.3 Å². The zero-order valence-corrected chi connectivity index (χ0v) is 16.5. The first-order chi connectivity index (χ1) is 12.5. The lowest BCUT2D eigenvalue weighted by Crippen LogP contribution is -2.42. The highest BCUT2D eigenvalue weighted by atomic mass is 35.5. The van der Waals surface area contributed by atoms with E-state index in [9.17, 15) is 4.79 Å². The number of benzene rings is 2. The Bertz CT molecular complexity index is 761. The van der Waals surface area contributed by atoms with Crippen LogP contribution in [0.2, 0.25) is 10.0 Å². The lowest BCUT2D eigenvalue weighted by Gasteiger charge is -2.32. The fourth-order valence-electron chi connectivity index (χ4n) is 3.35. The Kier molecular flexibility index (Phi) is 6.58. The number of nitrogens with zero attached hydrogens (tertiary/aromatic N) is 1. The summed E-state index contributed by atoms with van der Waals surface area (Å²) in [7, 11) is 0. The monoisotopic (exact) mass is 390 g/mol. The molecule has 0 saturated carbocycles. The summed E-state index contributed by atoms with van der Waals surface area (Å²) in [6, 6.07) is 14.0. The molecule has 1 fully saturated rings. The van der Waals surface area contributed by atoms with Gasteiger partial charge in [0, 0.05) is 19.6 Å². The van der Waals surface area contributed by atoms with Crippen LogP contribution in [0.25, 0.3) is 0 Å². The maximum atomic E-state index is 12.6. The van der Waals surface area contributed by atoms with E-state index in [1.165, 1.54) is 5.56 Å². The van der Waals surface area contributed by atoms with Gasteiger partial charge in [-0.05, 0) is 49.6 Å². The minimum absolute atomic E-state index is 0.0389. The van der Waals surface area contributed by atoms with Gasteiger partial charge in [0.05, 0.1) is 16.0 Å². The molecule has 1 saturated heterocycles. The lowest BCUT2D eigenvalue weighted by molar-refractivity contribution is -0.126. The molecule has 1 unspecified atom stereocenters. The van der Waals surface area contributed by atoms with Crippen molar-refractivity contribution in [2.45, 2.75) is 32.9 Å². The Morgan fingerprint density at radius 1 is 1.12 bits per heavy atom. The smallest absolute Gasteiger partial charge is 0.224 e. The molecule has 1 atom stereocenters. The van der Waals surface area contributed by atoms with Gasteiger partial charge in [0.15, 0.2) is 0 Å². The van der Waals surface area contributed by atoms with Crippen molar-refractivity contribution >= 4 is 29.1 Å².